The number of hydrogen-bond acceptors (Lipinski definition) is 5. The molecule has 3 aromatic rings. The van der Waals surface area contributed by atoms with Crippen molar-refractivity contribution in [2.75, 3.05) is 38.5 Å². The number of sulfone groups is 1. The van der Waals surface area contributed by atoms with E-state index in [0.29, 0.717) is 35.6 Å². The van der Waals surface area contributed by atoms with Crippen LogP contribution in [0.25, 0.3) is 11.6 Å². The monoisotopic (exact) mass is 654 g/mol. The smallest absolute Gasteiger partial charge is 0.358 e. The molecule has 240 valence electrons. The van der Waals surface area contributed by atoms with Crippen molar-refractivity contribution >= 4 is 39.0 Å². The number of nitrogens with one attached hydrogen (secondary N) is 2. The summed E-state index contributed by atoms with van der Waals surface area (Å²) in [7, 11) is -2.66. The first-order valence-corrected chi connectivity index (χ1v) is 15.4. The molecule has 15 heteroatoms. The van der Waals surface area contributed by atoms with Gasteiger partial charge in [0.25, 0.3) is 11.8 Å². The number of aryl methyl sites for hydroxylation is 1. The molecule has 8 nitrogen and oxygen atoms in total. The van der Waals surface area contributed by atoms with Crippen LogP contribution in [-0.4, -0.2) is 68.2 Å². The molecular formula is C30H28F6N4O4S. The number of anilines is 1. The third-order valence-electron chi connectivity index (χ3n) is 7.99. The molecule has 0 spiro atoms. The van der Waals surface area contributed by atoms with Gasteiger partial charge in [-0.15, -0.1) is 0 Å². The predicted octanol–water partition coefficient (Wildman–Crippen LogP) is 5.52. The van der Waals surface area contributed by atoms with Crippen molar-refractivity contribution < 1.29 is 44.3 Å². The SMILES string of the molecule is Cc1[nH]c(C=C2C(=O)Nc3ccc(S(=O)(=O)Cc4cc(C(F)(F)F)ccc4C(F)(F)F)cc32)c(C)c1C(=O)N1CCN(C)CC1. The quantitative estimate of drug-likeness (QED) is 0.279. The molecule has 2 aliphatic rings. The number of hydrogen-bond donors (Lipinski definition) is 2. The summed E-state index contributed by atoms with van der Waals surface area (Å²) >= 11 is 0. The van der Waals surface area contributed by atoms with Crippen molar-refractivity contribution in [3.63, 3.8) is 0 Å². The largest absolute Gasteiger partial charge is 0.416 e. The second kappa shape index (κ2) is 11.4. The number of aromatic amines is 1. The number of carbonyl (C=O) groups excluding carboxylic acids is 2. The second-order valence-corrected chi connectivity index (χ2v) is 13.1. The van der Waals surface area contributed by atoms with Crippen LogP contribution in [0, 0.1) is 13.8 Å². The van der Waals surface area contributed by atoms with E-state index in [1.54, 1.807) is 18.7 Å². The summed E-state index contributed by atoms with van der Waals surface area (Å²) < 4.78 is 107. The van der Waals surface area contributed by atoms with E-state index in [2.05, 4.69) is 15.2 Å². The van der Waals surface area contributed by atoms with Crippen LogP contribution in [0.5, 0.6) is 0 Å². The third kappa shape index (κ3) is 6.36. The Labute approximate surface area is 254 Å². The highest BCUT2D eigenvalue weighted by molar-refractivity contribution is 7.90. The van der Waals surface area contributed by atoms with Gasteiger partial charge in [-0.2, -0.15) is 26.3 Å². The van der Waals surface area contributed by atoms with Crippen molar-refractivity contribution in [2.24, 2.45) is 0 Å². The Morgan fingerprint density at radius 2 is 1.62 bits per heavy atom. The zero-order chi connectivity index (χ0) is 33.1. The number of nitrogens with zero attached hydrogens (tertiary/aromatic N) is 2. The second-order valence-electron chi connectivity index (χ2n) is 11.1. The molecule has 2 N–H and O–H groups in total. The number of piperazine rings is 1. The Hall–Kier alpha value is -4.11. The number of amides is 2. The lowest BCUT2D eigenvalue weighted by Crippen LogP contribution is -2.47. The van der Waals surface area contributed by atoms with Crippen LogP contribution in [0.2, 0.25) is 0 Å². The highest BCUT2D eigenvalue weighted by Crippen LogP contribution is 2.39. The van der Waals surface area contributed by atoms with E-state index in [-0.39, 0.29) is 40.9 Å². The molecular weight excluding hydrogens is 626 g/mol. The summed E-state index contributed by atoms with van der Waals surface area (Å²) in [5, 5.41) is 2.60. The lowest BCUT2D eigenvalue weighted by atomic mass is 10.0. The molecule has 0 saturated carbocycles. The summed E-state index contributed by atoms with van der Waals surface area (Å²) in [6, 6.07) is 4.06. The molecule has 1 saturated heterocycles. The Balaban J connectivity index is 1.50. The van der Waals surface area contributed by atoms with Gasteiger partial charge in [0.2, 0.25) is 0 Å². The molecule has 1 fully saturated rings. The van der Waals surface area contributed by atoms with Gasteiger partial charge in [-0.05, 0) is 74.5 Å². The molecule has 0 aliphatic carbocycles. The standard InChI is InChI=1S/C30H28F6N4O4S/c1-16-25(37-17(2)26(16)28(42)40-10-8-39(3)9-11-40)14-22-21-13-20(5-7-24(21)38-27(22)41)45(43,44)15-18-12-19(29(31,32)33)4-6-23(18)30(34,35)36/h4-7,12-14,37H,8-11,15H2,1-3H3,(H,38,41). The fourth-order valence-corrected chi connectivity index (χ4v) is 6.90. The minimum Gasteiger partial charge on any atom is -0.358 e. The van der Waals surface area contributed by atoms with E-state index in [1.807, 2.05) is 7.05 Å². The van der Waals surface area contributed by atoms with Crippen molar-refractivity contribution in [3.8, 4) is 0 Å². The first-order chi connectivity index (χ1) is 20.9. The van der Waals surface area contributed by atoms with Crippen LogP contribution >= 0.6 is 0 Å². The van der Waals surface area contributed by atoms with Gasteiger partial charge in [0.15, 0.2) is 9.84 Å². The molecule has 2 aromatic carbocycles. The molecule has 0 radical (unpaired) electrons. The third-order valence-corrected chi connectivity index (χ3v) is 9.65. The molecule has 3 heterocycles. The molecule has 0 unspecified atom stereocenters. The molecule has 0 bridgehead atoms. The molecule has 2 aliphatic heterocycles. The molecule has 5 rings (SSSR count). The van der Waals surface area contributed by atoms with Gasteiger partial charge in [0, 0.05) is 48.8 Å². The lowest BCUT2D eigenvalue weighted by Gasteiger charge is -2.32. The van der Waals surface area contributed by atoms with Crippen LogP contribution in [0.3, 0.4) is 0 Å². The van der Waals surface area contributed by atoms with E-state index in [9.17, 15) is 44.3 Å². The van der Waals surface area contributed by atoms with Gasteiger partial charge >= 0.3 is 12.4 Å². The number of alkyl halides is 6. The number of aromatic nitrogens is 1. The number of fused-ring (bicyclic) bond motifs is 1. The predicted molar refractivity (Wildman–Crippen MR) is 154 cm³/mol. The highest BCUT2D eigenvalue weighted by Gasteiger charge is 2.38. The van der Waals surface area contributed by atoms with Crippen LogP contribution in [-0.2, 0) is 32.7 Å². The van der Waals surface area contributed by atoms with E-state index >= 15 is 0 Å². The number of likely N-dealkylation sites (N-methyl/N-ethyl adjacent to an activating group) is 1. The van der Waals surface area contributed by atoms with Gasteiger partial charge in [-0.3, -0.25) is 9.59 Å². The van der Waals surface area contributed by atoms with E-state index in [4.69, 9.17) is 0 Å². The Kier molecular flexibility index (Phi) is 8.15. The summed E-state index contributed by atoms with van der Waals surface area (Å²) in [5.74, 6) is -2.12. The van der Waals surface area contributed by atoms with Crippen LogP contribution in [0.4, 0.5) is 32.0 Å². The fraction of sp³-hybridized carbons (Fsp3) is 0.333. The van der Waals surface area contributed by atoms with Gasteiger partial charge in [-0.1, -0.05) is 0 Å². The van der Waals surface area contributed by atoms with Crippen molar-refractivity contribution in [1.82, 2.24) is 14.8 Å². The normalized spacial score (nSPS) is 17.1. The minimum absolute atomic E-state index is 0.0278. The van der Waals surface area contributed by atoms with Gasteiger partial charge in [-0.25, -0.2) is 8.42 Å². The van der Waals surface area contributed by atoms with Crippen molar-refractivity contribution in [3.05, 3.63) is 81.2 Å². The highest BCUT2D eigenvalue weighted by atomic mass is 32.2. The van der Waals surface area contributed by atoms with E-state index in [0.717, 1.165) is 25.2 Å². The zero-order valence-electron chi connectivity index (χ0n) is 24.3. The Morgan fingerprint density at radius 1 is 0.956 bits per heavy atom. The number of rotatable bonds is 5. The number of halogens is 6. The molecule has 2 amide bonds. The van der Waals surface area contributed by atoms with Crippen LogP contribution in [0.1, 0.15) is 49.6 Å². The molecule has 0 atom stereocenters. The topological polar surface area (TPSA) is 103 Å². The maximum atomic E-state index is 13.6. The first kappa shape index (κ1) is 32.3. The lowest BCUT2D eigenvalue weighted by molar-refractivity contribution is -0.141. The number of carbonyl (C=O) groups is 2. The number of H-pyrrole nitrogens is 1. The number of benzene rings is 2. The maximum Gasteiger partial charge on any atom is 0.416 e. The van der Waals surface area contributed by atoms with Crippen molar-refractivity contribution in [2.45, 2.75) is 36.8 Å². The fourth-order valence-electron chi connectivity index (χ4n) is 5.51. The average molecular weight is 655 g/mol. The van der Waals surface area contributed by atoms with Gasteiger partial charge in [0.1, 0.15) is 0 Å². The average Bonchev–Trinajstić information content (AvgIpc) is 3.40. The minimum atomic E-state index is -5.10. The van der Waals surface area contributed by atoms with Gasteiger partial charge < -0.3 is 20.1 Å². The van der Waals surface area contributed by atoms with Crippen LogP contribution in [0.15, 0.2) is 41.3 Å². The summed E-state index contributed by atoms with van der Waals surface area (Å²) in [6.45, 7) is 5.97. The summed E-state index contributed by atoms with van der Waals surface area (Å²) in [4.78, 5) is 32.7. The Morgan fingerprint density at radius 3 is 2.24 bits per heavy atom. The summed E-state index contributed by atoms with van der Waals surface area (Å²) in [5.41, 5.74) is -1.59. The van der Waals surface area contributed by atoms with Crippen LogP contribution < -0.4 is 5.32 Å². The zero-order valence-corrected chi connectivity index (χ0v) is 25.1. The first-order valence-electron chi connectivity index (χ1n) is 13.7. The van der Waals surface area contributed by atoms with Crippen molar-refractivity contribution in [1.29, 1.82) is 0 Å². The molecule has 1 aromatic heterocycles. The van der Waals surface area contributed by atoms with E-state index < -0.39 is 55.4 Å². The summed E-state index contributed by atoms with van der Waals surface area (Å²) in [6.07, 6.45) is -8.64. The van der Waals surface area contributed by atoms with E-state index in [1.165, 1.54) is 12.1 Å². The molecule has 45 heavy (non-hydrogen) atoms. The maximum absolute atomic E-state index is 13.6. The van der Waals surface area contributed by atoms with Gasteiger partial charge in [0.05, 0.1) is 32.9 Å². The Bertz CT molecular complexity index is 1840.